The highest BCUT2D eigenvalue weighted by atomic mass is 16.3. The minimum Gasteiger partial charge on any atom is -0.444 e. The minimum absolute atomic E-state index is 0.567. The number of nitrogens with one attached hydrogen (secondary N) is 2. The number of aryl methyl sites for hydroxylation is 1. The lowest BCUT2D eigenvalue weighted by Gasteiger charge is -2.28. The van der Waals surface area contributed by atoms with Crippen molar-refractivity contribution in [1.82, 2.24) is 20.5 Å². The predicted molar refractivity (Wildman–Crippen MR) is 125 cm³/mol. The van der Waals surface area contributed by atoms with Gasteiger partial charge in [-0.25, -0.2) is 4.98 Å². The van der Waals surface area contributed by atoms with Gasteiger partial charge < -0.3 is 15.1 Å². The van der Waals surface area contributed by atoms with E-state index >= 15 is 0 Å². The summed E-state index contributed by atoms with van der Waals surface area (Å²) in [4.78, 5) is 11.4. The predicted octanol–water partition coefficient (Wildman–Crippen LogP) is 3.76. The maximum absolute atomic E-state index is 5.63. The second-order valence-electron chi connectivity index (χ2n) is 8.01. The number of benzene rings is 2. The highest BCUT2D eigenvalue weighted by Gasteiger charge is 2.15. The molecule has 0 unspecified atom stereocenters. The van der Waals surface area contributed by atoms with Crippen LogP contribution >= 0.6 is 0 Å². The highest BCUT2D eigenvalue weighted by Crippen LogP contribution is 2.19. The van der Waals surface area contributed by atoms with Gasteiger partial charge in [0, 0.05) is 38.8 Å². The summed E-state index contributed by atoms with van der Waals surface area (Å²) in [5.41, 5.74) is 6.03. The molecule has 6 heteroatoms. The monoisotopic (exact) mass is 417 g/mol. The van der Waals surface area contributed by atoms with Crippen molar-refractivity contribution in [3.05, 3.63) is 77.2 Å². The van der Waals surface area contributed by atoms with Gasteiger partial charge in [-0.05, 0) is 43.0 Å². The lowest BCUT2D eigenvalue weighted by atomic mass is 10.00. The molecule has 4 rings (SSSR count). The average Bonchev–Trinajstić information content (AvgIpc) is 3.28. The topological polar surface area (TPSA) is 65.7 Å². The smallest absolute Gasteiger partial charge is 0.226 e. The molecule has 0 amide bonds. The lowest BCUT2D eigenvalue weighted by molar-refractivity contribution is 0.251. The van der Waals surface area contributed by atoms with Crippen LogP contribution in [0.5, 0.6) is 0 Å². The van der Waals surface area contributed by atoms with Gasteiger partial charge in [-0.1, -0.05) is 42.0 Å². The van der Waals surface area contributed by atoms with Crippen molar-refractivity contribution in [2.45, 2.75) is 32.9 Å². The molecular weight excluding hydrogens is 386 g/mol. The van der Waals surface area contributed by atoms with Crippen LogP contribution in [0.2, 0.25) is 0 Å². The number of oxazole rings is 1. The number of aliphatic imine (C=N–C) groups is 1. The SMILES string of the molecule is CN=C(NCCCN1CCc2ccccc2C1)NCc1coc(-c2ccc(C)cc2)n1. The van der Waals surface area contributed by atoms with Gasteiger partial charge in [-0.15, -0.1) is 0 Å². The maximum atomic E-state index is 5.63. The molecule has 2 aromatic carbocycles. The van der Waals surface area contributed by atoms with E-state index in [1.54, 1.807) is 13.3 Å². The fourth-order valence-electron chi connectivity index (χ4n) is 3.87. The Hall–Kier alpha value is -3.12. The quantitative estimate of drug-likeness (QED) is 0.348. The zero-order chi connectivity index (χ0) is 21.5. The van der Waals surface area contributed by atoms with Crippen LogP contribution < -0.4 is 10.6 Å². The normalized spacial score (nSPS) is 14.3. The second kappa shape index (κ2) is 10.3. The Morgan fingerprint density at radius 3 is 2.71 bits per heavy atom. The summed E-state index contributed by atoms with van der Waals surface area (Å²) in [5, 5.41) is 6.71. The second-order valence-corrected chi connectivity index (χ2v) is 8.01. The van der Waals surface area contributed by atoms with Crippen LogP contribution in [0.4, 0.5) is 0 Å². The molecule has 3 aromatic rings. The van der Waals surface area contributed by atoms with Crippen molar-refractivity contribution in [3.8, 4) is 11.5 Å². The zero-order valence-electron chi connectivity index (χ0n) is 18.4. The fourth-order valence-corrected chi connectivity index (χ4v) is 3.87. The molecule has 0 aliphatic carbocycles. The number of rotatable bonds is 7. The van der Waals surface area contributed by atoms with E-state index in [9.17, 15) is 0 Å². The molecule has 1 aromatic heterocycles. The third-order valence-corrected chi connectivity index (χ3v) is 5.66. The van der Waals surface area contributed by atoms with E-state index in [1.807, 2.05) is 12.1 Å². The Bertz CT molecular complexity index is 1010. The zero-order valence-corrected chi connectivity index (χ0v) is 18.4. The standard InChI is InChI=1S/C25H31N5O/c1-19-8-10-21(11-9-19)24-29-23(18-31-24)16-28-25(26-2)27-13-5-14-30-15-12-20-6-3-4-7-22(20)17-30/h3-4,6-11,18H,5,12-17H2,1-2H3,(H2,26,27,28). The van der Waals surface area contributed by atoms with E-state index in [1.165, 1.54) is 16.7 Å². The highest BCUT2D eigenvalue weighted by molar-refractivity contribution is 5.79. The molecule has 0 saturated heterocycles. The van der Waals surface area contributed by atoms with E-state index < -0.39 is 0 Å². The van der Waals surface area contributed by atoms with Crippen LogP contribution in [0.3, 0.4) is 0 Å². The molecule has 0 atom stereocenters. The van der Waals surface area contributed by atoms with Gasteiger partial charge in [0.25, 0.3) is 0 Å². The lowest BCUT2D eigenvalue weighted by Crippen LogP contribution is -2.39. The first-order chi connectivity index (χ1) is 15.2. The number of fused-ring (bicyclic) bond motifs is 1. The van der Waals surface area contributed by atoms with Crippen molar-refractivity contribution in [1.29, 1.82) is 0 Å². The largest absolute Gasteiger partial charge is 0.444 e. The molecule has 1 aliphatic rings. The van der Waals surface area contributed by atoms with Crippen LogP contribution in [0, 0.1) is 6.92 Å². The maximum Gasteiger partial charge on any atom is 0.226 e. The summed E-state index contributed by atoms with van der Waals surface area (Å²) in [6.07, 6.45) is 3.92. The van der Waals surface area contributed by atoms with Crippen LogP contribution in [-0.2, 0) is 19.5 Å². The first-order valence-electron chi connectivity index (χ1n) is 11.0. The van der Waals surface area contributed by atoms with E-state index in [-0.39, 0.29) is 0 Å². The van der Waals surface area contributed by atoms with E-state index in [0.717, 1.165) is 56.2 Å². The van der Waals surface area contributed by atoms with Crippen molar-refractivity contribution in [2.24, 2.45) is 4.99 Å². The van der Waals surface area contributed by atoms with Crippen LogP contribution in [0.1, 0.15) is 28.8 Å². The molecule has 31 heavy (non-hydrogen) atoms. The number of guanidine groups is 1. The van der Waals surface area contributed by atoms with Crippen molar-refractivity contribution in [3.63, 3.8) is 0 Å². The van der Waals surface area contributed by atoms with Crippen molar-refractivity contribution < 1.29 is 4.42 Å². The van der Waals surface area contributed by atoms with Crippen LogP contribution in [-0.4, -0.2) is 42.5 Å². The molecule has 0 spiro atoms. The number of nitrogens with zero attached hydrogens (tertiary/aromatic N) is 3. The Kier molecular flexibility index (Phi) is 6.99. The summed E-state index contributed by atoms with van der Waals surface area (Å²) in [6, 6.07) is 17.0. The molecule has 0 fully saturated rings. The fraction of sp³-hybridized carbons (Fsp3) is 0.360. The molecule has 162 valence electrons. The van der Waals surface area contributed by atoms with Crippen molar-refractivity contribution in [2.75, 3.05) is 26.7 Å². The molecule has 0 bridgehead atoms. The van der Waals surface area contributed by atoms with E-state index in [0.29, 0.717) is 12.4 Å². The van der Waals surface area contributed by atoms with Gasteiger partial charge >= 0.3 is 0 Å². The first kappa shape index (κ1) is 21.1. The van der Waals surface area contributed by atoms with Crippen LogP contribution in [0.15, 0.2) is 64.2 Å². The summed E-state index contributed by atoms with van der Waals surface area (Å²) in [7, 11) is 1.79. The van der Waals surface area contributed by atoms with Gasteiger partial charge in [0.05, 0.1) is 12.2 Å². The van der Waals surface area contributed by atoms with Crippen molar-refractivity contribution >= 4 is 5.96 Å². The summed E-state index contributed by atoms with van der Waals surface area (Å²) in [5.74, 6) is 1.42. The van der Waals surface area contributed by atoms with Gasteiger partial charge in [0.1, 0.15) is 6.26 Å². The van der Waals surface area contributed by atoms with Crippen LogP contribution in [0.25, 0.3) is 11.5 Å². The Labute approximate surface area is 184 Å². The Morgan fingerprint density at radius 2 is 1.90 bits per heavy atom. The van der Waals surface area contributed by atoms with E-state index in [4.69, 9.17) is 4.42 Å². The molecular formula is C25H31N5O. The molecule has 0 radical (unpaired) electrons. The average molecular weight is 418 g/mol. The third kappa shape index (κ3) is 5.73. The number of aromatic nitrogens is 1. The summed E-state index contributed by atoms with van der Waals surface area (Å²) in [6.45, 7) is 6.79. The first-order valence-corrected chi connectivity index (χ1v) is 11.0. The third-order valence-electron chi connectivity index (χ3n) is 5.66. The summed E-state index contributed by atoms with van der Waals surface area (Å²) >= 11 is 0. The van der Waals surface area contributed by atoms with Gasteiger partial charge in [-0.3, -0.25) is 9.89 Å². The molecule has 2 N–H and O–H groups in total. The number of hydrogen-bond donors (Lipinski definition) is 2. The summed E-state index contributed by atoms with van der Waals surface area (Å²) < 4.78 is 5.63. The van der Waals surface area contributed by atoms with E-state index in [2.05, 4.69) is 68.8 Å². The van der Waals surface area contributed by atoms with Gasteiger partial charge in [-0.2, -0.15) is 0 Å². The van der Waals surface area contributed by atoms with Gasteiger partial charge in [0.15, 0.2) is 5.96 Å². The number of hydrogen-bond acceptors (Lipinski definition) is 4. The molecule has 2 heterocycles. The molecule has 1 aliphatic heterocycles. The Morgan fingerprint density at radius 1 is 1.10 bits per heavy atom. The molecule has 6 nitrogen and oxygen atoms in total. The molecule has 0 saturated carbocycles. The Balaban J connectivity index is 1.18. The minimum atomic E-state index is 0.567. The van der Waals surface area contributed by atoms with Gasteiger partial charge in [0.2, 0.25) is 5.89 Å².